The Bertz CT molecular complexity index is 606. The van der Waals surface area contributed by atoms with E-state index in [9.17, 15) is 4.39 Å². The molecule has 2 N–H and O–H groups in total. The summed E-state index contributed by atoms with van der Waals surface area (Å²) in [5.74, 6) is 0.442. The summed E-state index contributed by atoms with van der Waals surface area (Å²) < 4.78 is 13.9. The van der Waals surface area contributed by atoms with Crippen LogP contribution in [0.4, 0.5) is 4.39 Å². The first-order chi connectivity index (χ1) is 9.66. The molecule has 0 saturated carbocycles. The SMILES string of the molecule is Cc1[nH]ncc1CN[C@H]1c2cccc(F)c2CC[C@H]1C. The van der Waals surface area contributed by atoms with Crippen molar-refractivity contribution in [1.82, 2.24) is 15.5 Å². The predicted molar refractivity (Wildman–Crippen MR) is 76.8 cm³/mol. The molecule has 20 heavy (non-hydrogen) atoms. The highest BCUT2D eigenvalue weighted by Crippen LogP contribution is 2.35. The van der Waals surface area contributed by atoms with E-state index in [-0.39, 0.29) is 11.9 Å². The number of H-pyrrole nitrogens is 1. The van der Waals surface area contributed by atoms with Gasteiger partial charge in [-0.25, -0.2) is 4.39 Å². The Kier molecular flexibility index (Phi) is 3.57. The molecule has 1 aliphatic carbocycles. The van der Waals surface area contributed by atoms with E-state index in [0.717, 1.165) is 36.2 Å². The Balaban J connectivity index is 1.83. The second-order valence-electron chi connectivity index (χ2n) is 5.70. The fourth-order valence-corrected chi connectivity index (χ4v) is 3.06. The molecule has 0 amide bonds. The van der Waals surface area contributed by atoms with Crippen molar-refractivity contribution in [3.05, 3.63) is 52.6 Å². The van der Waals surface area contributed by atoms with Gasteiger partial charge in [0, 0.05) is 23.8 Å². The van der Waals surface area contributed by atoms with E-state index in [1.165, 1.54) is 5.56 Å². The van der Waals surface area contributed by atoms with Crippen LogP contribution >= 0.6 is 0 Å². The Morgan fingerprint density at radius 2 is 2.30 bits per heavy atom. The number of halogens is 1. The fourth-order valence-electron chi connectivity index (χ4n) is 3.06. The maximum Gasteiger partial charge on any atom is 0.126 e. The lowest BCUT2D eigenvalue weighted by Crippen LogP contribution is -2.31. The van der Waals surface area contributed by atoms with Crippen molar-refractivity contribution in [1.29, 1.82) is 0 Å². The van der Waals surface area contributed by atoms with Crippen LogP contribution in [0.25, 0.3) is 0 Å². The van der Waals surface area contributed by atoms with Crippen molar-refractivity contribution in [2.75, 3.05) is 0 Å². The maximum atomic E-state index is 13.9. The molecule has 1 aromatic heterocycles. The van der Waals surface area contributed by atoms with Gasteiger partial charge < -0.3 is 5.32 Å². The Labute approximate surface area is 118 Å². The van der Waals surface area contributed by atoms with Gasteiger partial charge in [0.2, 0.25) is 0 Å². The summed E-state index contributed by atoms with van der Waals surface area (Å²) in [5.41, 5.74) is 4.25. The summed E-state index contributed by atoms with van der Waals surface area (Å²) in [4.78, 5) is 0. The lowest BCUT2D eigenvalue weighted by atomic mass is 9.80. The molecule has 0 radical (unpaired) electrons. The number of rotatable bonds is 3. The molecule has 0 saturated heterocycles. The van der Waals surface area contributed by atoms with Gasteiger partial charge in [-0.3, -0.25) is 5.10 Å². The van der Waals surface area contributed by atoms with E-state index in [1.807, 2.05) is 25.3 Å². The number of hydrogen-bond donors (Lipinski definition) is 2. The minimum atomic E-state index is -0.0688. The molecule has 0 fully saturated rings. The third-order valence-electron chi connectivity index (χ3n) is 4.36. The zero-order valence-corrected chi connectivity index (χ0v) is 11.9. The molecule has 106 valence electrons. The van der Waals surface area contributed by atoms with Crippen molar-refractivity contribution in [2.45, 2.75) is 39.3 Å². The molecule has 1 heterocycles. The first kappa shape index (κ1) is 13.3. The standard InChI is InChI=1S/C16H20FN3/c1-10-6-7-13-14(4-3-5-15(13)17)16(10)18-8-12-9-19-20-11(12)2/h3-5,9-10,16,18H,6-8H2,1-2H3,(H,19,20)/t10-,16-/m1/s1. The van der Waals surface area contributed by atoms with Gasteiger partial charge in [-0.2, -0.15) is 5.10 Å². The molecule has 0 unspecified atom stereocenters. The lowest BCUT2D eigenvalue weighted by molar-refractivity contribution is 0.338. The van der Waals surface area contributed by atoms with Crippen LogP contribution in [0.5, 0.6) is 0 Å². The normalized spacial score (nSPS) is 21.8. The molecule has 2 aromatic rings. The molecular weight excluding hydrogens is 253 g/mol. The maximum absolute atomic E-state index is 13.9. The first-order valence-corrected chi connectivity index (χ1v) is 7.16. The number of nitrogens with one attached hydrogen (secondary N) is 2. The zero-order valence-electron chi connectivity index (χ0n) is 11.9. The smallest absolute Gasteiger partial charge is 0.126 e. The van der Waals surface area contributed by atoms with Crippen molar-refractivity contribution in [3.63, 3.8) is 0 Å². The van der Waals surface area contributed by atoms with E-state index in [2.05, 4.69) is 22.4 Å². The average molecular weight is 273 g/mol. The van der Waals surface area contributed by atoms with Crippen molar-refractivity contribution in [3.8, 4) is 0 Å². The first-order valence-electron chi connectivity index (χ1n) is 7.16. The van der Waals surface area contributed by atoms with Gasteiger partial charge in [-0.05, 0) is 42.9 Å². The third-order valence-corrected chi connectivity index (χ3v) is 4.36. The topological polar surface area (TPSA) is 40.7 Å². The van der Waals surface area contributed by atoms with Gasteiger partial charge in [-0.15, -0.1) is 0 Å². The van der Waals surface area contributed by atoms with Crippen LogP contribution in [0.3, 0.4) is 0 Å². The number of aryl methyl sites for hydroxylation is 1. The minimum absolute atomic E-state index is 0.0688. The predicted octanol–water partition coefficient (Wildman–Crippen LogP) is 3.27. The number of aromatic amines is 1. The number of benzene rings is 1. The molecule has 3 rings (SSSR count). The average Bonchev–Trinajstić information content (AvgIpc) is 2.83. The molecular formula is C16H20FN3. The zero-order chi connectivity index (χ0) is 14.1. The highest BCUT2D eigenvalue weighted by Gasteiger charge is 2.27. The molecule has 1 aromatic carbocycles. The number of aromatic nitrogens is 2. The fraction of sp³-hybridized carbons (Fsp3) is 0.438. The molecule has 3 nitrogen and oxygen atoms in total. The van der Waals surface area contributed by atoms with Crippen LogP contribution in [0.2, 0.25) is 0 Å². The molecule has 1 aliphatic rings. The van der Waals surface area contributed by atoms with Gasteiger partial charge in [0.15, 0.2) is 0 Å². The van der Waals surface area contributed by atoms with Crippen molar-refractivity contribution in [2.24, 2.45) is 5.92 Å². The van der Waals surface area contributed by atoms with E-state index in [1.54, 1.807) is 6.07 Å². The van der Waals surface area contributed by atoms with Crippen LogP contribution in [0.15, 0.2) is 24.4 Å². The summed E-state index contributed by atoms with van der Waals surface area (Å²) in [6, 6.07) is 5.63. The lowest BCUT2D eigenvalue weighted by Gasteiger charge is -2.32. The van der Waals surface area contributed by atoms with E-state index >= 15 is 0 Å². The van der Waals surface area contributed by atoms with Gasteiger partial charge in [-0.1, -0.05) is 19.1 Å². The molecule has 0 aliphatic heterocycles. The van der Waals surface area contributed by atoms with Crippen LogP contribution in [-0.4, -0.2) is 10.2 Å². The van der Waals surface area contributed by atoms with Gasteiger partial charge in [0.25, 0.3) is 0 Å². The minimum Gasteiger partial charge on any atom is -0.305 e. The van der Waals surface area contributed by atoms with Crippen molar-refractivity contribution < 1.29 is 4.39 Å². The van der Waals surface area contributed by atoms with Crippen LogP contribution < -0.4 is 5.32 Å². The summed E-state index contributed by atoms with van der Waals surface area (Å²) in [6.07, 6.45) is 3.71. The second kappa shape index (κ2) is 5.37. The van der Waals surface area contributed by atoms with Crippen LogP contribution in [-0.2, 0) is 13.0 Å². The Hall–Kier alpha value is -1.68. The quantitative estimate of drug-likeness (QED) is 0.901. The molecule has 0 spiro atoms. The van der Waals surface area contributed by atoms with Gasteiger partial charge in [0.1, 0.15) is 5.82 Å². The molecule has 4 heteroatoms. The summed E-state index contributed by atoms with van der Waals surface area (Å²) >= 11 is 0. The highest BCUT2D eigenvalue weighted by molar-refractivity contribution is 5.34. The summed E-state index contributed by atoms with van der Waals surface area (Å²) in [6.45, 7) is 5.00. The summed E-state index contributed by atoms with van der Waals surface area (Å²) in [7, 11) is 0. The van der Waals surface area contributed by atoms with Gasteiger partial charge in [0.05, 0.1) is 6.20 Å². The largest absolute Gasteiger partial charge is 0.305 e. The second-order valence-corrected chi connectivity index (χ2v) is 5.70. The summed E-state index contributed by atoms with van der Waals surface area (Å²) in [5, 5.41) is 10.6. The number of hydrogen-bond acceptors (Lipinski definition) is 2. The van der Waals surface area contributed by atoms with Crippen LogP contribution in [0, 0.1) is 18.7 Å². The number of fused-ring (bicyclic) bond motifs is 1. The van der Waals surface area contributed by atoms with E-state index < -0.39 is 0 Å². The molecule has 2 atom stereocenters. The molecule has 0 bridgehead atoms. The highest BCUT2D eigenvalue weighted by atomic mass is 19.1. The van der Waals surface area contributed by atoms with Gasteiger partial charge >= 0.3 is 0 Å². The van der Waals surface area contributed by atoms with E-state index in [0.29, 0.717) is 5.92 Å². The Morgan fingerprint density at radius 3 is 3.05 bits per heavy atom. The van der Waals surface area contributed by atoms with E-state index in [4.69, 9.17) is 0 Å². The number of nitrogens with zero attached hydrogens (tertiary/aromatic N) is 1. The monoisotopic (exact) mass is 273 g/mol. The van der Waals surface area contributed by atoms with Crippen molar-refractivity contribution >= 4 is 0 Å². The van der Waals surface area contributed by atoms with Crippen LogP contribution in [0.1, 0.15) is 41.8 Å². The Morgan fingerprint density at radius 1 is 1.45 bits per heavy atom. The third kappa shape index (κ3) is 2.36.